The molecule has 1 unspecified atom stereocenters. The molecule has 0 saturated carbocycles. The van der Waals surface area contributed by atoms with Crippen molar-refractivity contribution in [3.8, 4) is 0 Å². The summed E-state index contributed by atoms with van der Waals surface area (Å²) in [6.07, 6.45) is 1.71. The summed E-state index contributed by atoms with van der Waals surface area (Å²) in [7, 11) is 0. The Bertz CT molecular complexity index is 3480. The number of hydrogen-bond acceptors (Lipinski definition) is 23. The fourth-order valence-corrected chi connectivity index (χ4v) is 15.7. The van der Waals surface area contributed by atoms with Gasteiger partial charge in [-0.15, -0.1) is 0 Å². The quantitative estimate of drug-likeness (QED) is 0.0358. The van der Waals surface area contributed by atoms with E-state index in [0.29, 0.717) is 154 Å². The number of piperazine rings is 1. The van der Waals surface area contributed by atoms with E-state index < -0.39 is 133 Å². The van der Waals surface area contributed by atoms with Crippen LogP contribution in [0.4, 0.5) is 0 Å². The zero-order chi connectivity index (χ0) is 84.0. The zero-order valence-corrected chi connectivity index (χ0v) is 69.0. The van der Waals surface area contributed by atoms with Crippen LogP contribution in [0.25, 0.3) is 0 Å². The van der Waals surface area contributed by atoms with Gasteiger partial charge in [0, 0.05) is 147 Å². The van der Waals surface area contributed by atoms with Crippen LogP contribution in [0.15, 0.2) is 54.6 Å². The van der Waals surface area contributed by atoms with E-state index in [9.17, 15) is 72.5 Å². The highest BCUT2D eigenvalue weighted by atomic mass is 32.2. The molecule has 12 amide bonds. The van der Waals surface area contributed by atoms with Crippen LogP contribution in [0.2, 0.25) is 0 Å². The number of ether oxygens (including phenoxy) is 3. The number of carboxylic acid groups (broad SMARTS) is 2. The zero-order valence-electron chi connectivity index (χ0n) is 67.4. The van der Waals surface area contributed by atoms with Crippen molar-refractivity contribution in [1.82, 2.24) is 78.1 Å². The second-order valence-corrected chi connectivity index (χ2v) is 31.2. The molecule has 6 rings (SSSR count). The van der Waals surface area contributed by atoms with Gasteiger partial charge in [0.05, 0.1) is 45.3 Å². The van der Waals surface area contributed by atoms with Crippen molar-refractivity contribution in [1.29, 1.82) is 0 Å². The minimum atomic E-state index is -1.57. The number of fused-ring (bicyclic) bond motifs is 4. The number of nitrogens with zero attached hydrogens (tertiary/aromatic N) is 4. The Kier molecular flexibility index (Phi) is 45.2. The number of carbonyl (C=O) groups excluding carboxylic acids is 12. The molecule has 3 fully saturated rings. The maximum absolute atomic E-state index is 15.2. The average Bonchev–Trinajstić information content (AvgIpc) is 1.64. The van der Waals surface area contributed by atoms with Gasteiger partial charge in [0.2, 0.25) is 70.9 Å². The van der Waals surface area contributed by atoms with E-state index in [1.54, 1.807) is 37.3 Å². The highest BCUT2D eigenvalue weighted by Gasteiger charge is 2.45. The molecule has 2 aromatic rings. The number of hydrogen-bond donors (Lipinski definition) is 14. The second-order valence-electron chi connectivity index (χ2n) is 29.1. The van der Waals surface area contributed by atoms with E-state index in [4.69, 9.17) is 19.9 Å². The predicted octanol–water partition coefficient (Wildman–Crippen LogP) is -0.883. The summed E-state index contributed by atoms with van der Waals surface area (Å²) in [6, 6.07) is 6.02. The lowest BCUT2D eigenvalue weighted by Gasteiger charge is -2.36. The molecule has 3 saturated heterocycles. The second kappa shape index (κ2) is 54.4. The predicted molar refractivity (Wildman–Crippen MR) is 436 cm³/mol. The fourth-order valence-electron chi connectivity index (χ4n) is 13.7. The summed E-state index contributed by atoms with van der Waals surface area (Å²) >= 11 is 2.60. The van der Waals surface area contributed by atoms with E-state index in [2.05, 4.69) is 63.4 Å². The number of unbranched alkanes of at least 4 members (excludes halogenated alkanes) is 1. The molecule has 4 aliphatic rings. The standard InChI is InChI=1S/C79H124N16O19S2/c1-4-7-20-59(86-67(97)25-24-66(96)83-29-14-39-112-41-43-114-44-42-113-40-15-30-84-68(98)49-92-35-37-93(38-36-92)77(109)57(47-81-6-3)48-82-32-28-80)73(105)91-63-53-116-51-56-19-11-18-55(45-56)50-115-52-62(71(103)85-31-27-70(101)102)90-75(107)61(46-54-16-9-8-10-17-54)89-74(106)60(23-26-69(99)100)88-72(104)58(5-2)87-76(108)64-21-12-33-94(64)79(111)65-22-13-34-95(65)78(63)110/h8-11,16-19,45,57-65,81-82H,4-7,12-15,20-44,46-53,80H2,1-3H3,(H,83,96)(H,84,98)(H,85,103)(H,86,97)(H,87,108)(H,88,104)(H,89,106)(H,90,107)(H,91,105)(H,99,100)(H,101,102)/t57?,58-,59-,60-,61-,62-,63-,64-,65-/m0/s1. The normalized spacial score (nSPS) is 20.9. The summed E-state index contributed by atoms with van der Waals surface area (Å²) in [5.41, 5.74) is 7.82. The van der Waals surface area contributed by atoms with Crippen molar-refractivity contribution in [2.24, 2.45) is 11.7 Å². The number of aliphatic carboxylic acids is 2. The molecule has 2 bridgehead atoms. The van der Waals surface area contributed by atoms with Crippen LogP contribution in [0.1, 0.15) is 134 Å². The molecule has 9 atom stereocenters. The smallest absolute Gasteiger partial charge is 0.305 e. The average molecular weight is 1670 g/mol. The van der Waals surface area contributed by atoms with Gasteiger partial charge >= 0.3 is 11.9 Å². The number of nitrogens with one attached hydrogen (secondary N) is 11. The molecule has 4 aliphatic heterocycles. The maximum Gasteiger partial charge on any atom is 0.305 e. The van der Waals surface area contributed by atoms with Crippen molar-refractivity contribution < 1.29 is 91.5 Å². The Morgan fingerprint density at radius 3 is 1.80 bits per heavy atom. The third-order valence-corrected chi connectivity index (χ3v) is 22.2. The molecule has 4 heterocycles. The molecular formula is C79H124N16O19S2. The van der Waals surface area contributed by atoms with Gasteiger partial charge in [-0.1, -0.05) is 88.2 Å². The number of rotatable bonds is 43. The molecule has 0 radical (unpaired) electrons. The number of nitrogens with two attached hydrogens (primary N) is 1. The first kappa shape index (κ1) is 96.3. The highest BCUT2D eigenvalue weighted by molar-refractivity contribution is 7.98. The van der Waals surface area contributed by atoms with Gasteiger partial charge in [-0.2, -0.15) is 23.5 Å². The molecule has 0 aliphatic carbocycles. The van der Waals surface area contributed by atoms with E-state index in [-0.39, 0.29) is 113 Å². The number of amides is 12. The summed E-state index contributed by atoms with van der Waals surface area (Å²) in [5, 5.41) is 50.4. The van der Waals surface area contributed by atoms with Crippen molar-refractivity contribution >= 4 is 106 Å². The van der Waals surface area contributed by atoms with Crippen molar-refractivity contribution in [2.45, 2.75) is 183 Å². The third kappa shape index (κ3) is 35.3. The van der Waals surface area contributed by atoms with Crippen LogP contribution >= 0.6 is 23.5 Å². The molecule has 2 aromatic carbocycles. The van der Waals surface area contributed by atoms with Crippen molar-refractivity contribution in [3.05, 3.63) is 71.3 Å². The summed E-state index contributed by atoms with van der Waals surface area (Å²) in [4.78, 5) is 199. The Labute approximate surface area is 688 Å². The van der Waals surface area contributed by atoms with Crippen LogP contribution in [0.3, 0.4) is 0 Å². The Balaban J connectivity index is 1.01. The Morgan fingerprint density at radius 1 is 0.578 bits per heavy atom. The molecular weight excluding hydrogens is 1540 g/mol. The first-order chi connectivity index (χ1) is 56.0. The minimum Gasteiger partial charge on any atom is -0.481 e. The lowest BCUT2D eigenvalue weighted by molar-refractivity contribution is -0.148. The molecule has 0 spiro atoms. The van der Waals surface area contributed by atoms with Gasteiger partial charge in [0.25, 0.3) is 0 Å². The molecule has 116 heavy (non-hydrogen) atoms. The van der Waals surface area contributed by atoms with Crippen LogP contribution in [-0.2, 0) is 99.3 Å². The van der Waals surface area contributed by atoms with Gasteiger partial charge in [0.1, 0.15) is 48.3 Å². The number of benzene rings is 2. The number of carboxylic acids is 2. The van der Waals surface area contributed by atoms with Crippen LogP contribution in [0.5, 0.6) is 0 Å². The summed E-state index contributed by atoms with van der Waals surface area (Å²) in [5.74, 6) is -8.75. The fraction of sp³-hybridized carbons (Fsp3) is 0.671. The topological polar surface area (TPSA) is 478 Å². The van der Waals surface area contributed by atoms with Gasteiger partial charge in [0.15, 0.2) is 0 Å². The van der Waals surface area contributed by atoms with Crippen LogP contribution in [-0.4, -0.2) is 310 Å². The van der Waals surface area contributed by atoms with E-state index in [1.165, 1.54) is 33.3 Å². The first-order valence-corrected chi connectivity index (χ1v) is 43.1. The van der Waals surface area contributed by atoms with Crippen LogP contribution in [0, 0.1) is 5.92 Å². The molecule has 35 nitrogen and oxygen atoms in total. The number of carbonyl (C=O) groups is 14. The molecule has 646 valence electrons. The largest absolute Gasteiger partial charge is 0.481 e. The van der Waals surface area contributed by atoms with Crippen molar-refractivity contribution in [3.63, 3.8) is 0 Å². The molecule has 0 aromatic heterocycles. The summed E-state index contributed by atoms with van der Waals surface area (Å²) < 4.78 is 16.9. The van der Waals surface area contributed by atoms with E-state index in [1.807, 2.05) is 43.0 Å². The highest BCUT2D eigenvalue weighted by Crippen LogP contribution is 2.28. The van der Waals surface area contributed by atoms with Gasteiger partial charge in [-0.25, -0.2) is 0 Å². The van der Waals surface area contributed by atoms with E-state index in [0.717, 1.165) is 17.7 Å². The lowest BCUT2D eigenvalue weighted by atomic mass is 10.0. The first-order valence-electron chi connectivity index (χ1n) is 40.8. The van der Waals surface area contributed by atoms with Gasteiger partial charge < -0.3 is 103 Å². The van der Waals surface area contributed by atoms with E-state index >= 15 is 4.79 Å². The Hall–Kier alpha value is -8.56. The minimum absolute atomic E-state index is 0.00873. The lowest BCUT2D eigenvalue weighted by Crippen LogP contribution is -2.60. The monoisotopic (exact) mass is 1660 g/mol. The molecule has 15 N–H and O–H groups in total. The third-order valence-electron chi connectivity index (χ3n) is 20.0. The maximum atomic E-state index is 15.2. The Morgan fingerprint density at radius 2 is 1.16 bits per heavy atom. The summed E-state index contributed by atoms with van der Waals surface area (Å²) in [6.45, 7) is 14.1. The van der Waals surface area contributed by atoms with Gasteiger partial charge in [-0.05, 0) is 81.0 Å². The number of thioether (sulfide) groups is 2. The van der Waals surface area contributed by atoms with Crippen LogP contribution < -0.4 is 64.2 Å². The van der Waals surface area contributed by atoms with Crippen molar-refractivity contribution in [2.75, 3.05) is 149 Å². The van der Waals surface area contributed by atoms with Gasteiger partial charge in [-0.3, -0.25) is 72.0 Å². The SMILES string of the molecule is CCCC[C@H](NC(=O)CCC(=O)NCCCOCCOCCOCCCNC(=O)CN1CCN(C(=O)C(CNCC)CNCCN)CC1)C(=O)N[C@H]1CSCc2cccc(c2)CSC[C@@H](C(=O)NCCC(=O)O)NC(=O)[C@H](Cc2ccccc2)NC(=O)[C@H](CCC(=O)O)NC(=O)[C@H](CC)NC(=O)[C@@H]2CCCN2C(=O)[C@@H]2CCCN2C1=O. The molecule has 37 heteroatoms.